The second-order valence-electron chi connectivity index (χ2n) is 6.58. The Morgan fingerprint density at radius 3 is 2.18 bits per heavy atom. The third-order valence-electron chi connectivity index (χ3n) is 3.91. The zero-order valence-corrected chi connectivity index (χ0v) is 18.7. The Morgan fingerprint density at radius 1 is 1.07 bits per heavy atom. The molecule has 0 aliphatic carbocycles. The average Bonchev–Trinajstić information content (AvgIpc) is 2.67. The van der Waals surface area contributed by atoms with E-state index in [1.165, 1.54) is 0 Å². The maximum Gasteiger partial charge on any atom is 0.311 e. The van der Waals surface area contributed by atoms with Crippen molar-refractivity contribution < 1.29 is 37.3 Å². The number of esters is 2. The molecule has 0 bridgehead atoms. The molecule has 0 aromatic heterocycles. The molecule has 0 spiro atoms. The van der Waals surface area contributed by atoms with Gasteiger partial charge in [0.05, 0.1) is 31.2 Å². The molecule has 0 heterocycles. The van der Waals surface area contributed by atoms with Crippen molar-refractivity contribution in [3.63, 3.8) is 0 Å². The quantitative estimate of drug-likeness (QED) is 0.252. The molecule has 10 heteroatoms. The van der Waals surface area contributed by atoms with Crippen LogP contribution in [0.15, 0.2) is 0 Å². The van der Waals surface area contributed by atoms with Crippen LogP contribution in [0.4, 0.5) is 0 Å². The second-order valence-corrected chi connectivity index (χ2v) is 7.34. The van der Waals surface area contributed by atoms with E-state index < -0.39 is 16.7 Å². The lowest BCUT2D eigenvalue weighted by atomic mass is 9.91. The van der Waals surface area contributed by atoms with E-state index in [4.69, 9.17) is 18.9 Å². The molecule has 0 saturated heterocycles. The highest BCUT2D eigenvalue weighted by Gasteiger charge is 2.26. The SMILES string of the molecule is CCC(C)(C)C(=O)OCCOCCOC.CCC(C)C(=O)OCCNS(=O)[O-]. The molecule has 0 aromatic carbocycles. The summed E-state index contributed by atoms with van der Waals surface area (Å²) in [6.07, 6.45) is 1.50. The van der Waals surface area contributed by atoms with E-state index in [2.05, 4.69) is 4.72 Å². The smallest absolute Gasteiger partial charge is 0.311 e. The van der Waals surface area contributed by atoms with Crippen LogP contribution >= 0.6 is 0 Å². The third kappa shape index (κ3) is 17.1. The fraction of sp³-hybridized carbons (Fsp3) is 0.889. The first-order chi connectivity index (χ1) is 13.1. The first-order valence-corrected chi connectivity index (χ1v) is 10.4. The Bertz CT molecular complexity index is 445. The Hall–Kier alpha value is -1.07. The highest BCUT2D eigenvalue weighted by atomic mass is 32.2. The number of carbonyl (C=O) groups is 2. The number of ether oxygens (including phenoxy) is 4. The van der Waals surface area contributed by atoms with Crippen LogP contribution in [0.1, 0.15) is 47.5 Å². The number of methoxy groups -OCH3 is 1. The first kappa shape index (κ1) is 29.1. The van der Waals surface area contributed by atoms with Gasteiger partial charge in [-0.1, -0.05) is 20.8 Å². The number of hydrogen-bond acceptors (Lipinski definition) is 8. The lowest BCUT2D eigenvalue weighted by Gasteiger charge is -2.20. The van der Waals surface area contributed by atoms with Gasteiger partial charge < -0.3 is 23.5 Å². The van der Waals surface area contributed by atoms with Gasteiger partial charge in [0.15, 0.2) is 0 Å². The monoisotopic (exact) mass is 426 g/mol. The molecule has 0 aliphatic heterocycles. The first-order valence-electron chi connectivity index (χ1n) is 9.35. The number of rotatable bonds is 14. The van der Waals surface area contributed by atoms with Crippen molar-refractivity contribution in [2.45, 2.75) is 47.5 Å². The van der Waals surface area contributed by atoms with Crippen LogP contribution in [-0.2, 0) is 39.8 Å². The normalized spacial score (nSPS) is 13.1. The van der Waals surface area contributed by atoms with Gasteiger partial charge in [-0.15, -0.1) is 0 Å². The Labute approximate surface area is 171 Å². The summed E-state index contributed by atoms with van der Waals surface area (Å²) in [5.41, 5.74) is -0.396. The maximum atomic E-state index is 11.5. The second kappa shape index (κ2) is 18.0. The van der Waals surface area contributed by atoms with Gasteiger partial charge in [0, 0.05) is 24.9 Å². The topological polar surface area (TPSA) is 123 Å². The van der Waals surface area contributed by atoms with Crippen molar-refractivity contribution in [2.24, 2.45) is 11.3 Å². The summed E-state index contributed by atoms with van der Waals surface area (Å²) in [5, 5.41) is 0. The van der Waals surface area contributed by atoms with Crippen molar-refractivity contribution in [1.29, 1.82) is 0 Å². The van der Waals surface area contributed by atoms with Gasteiger partial charge >= 0.3 is 11.9 Å². The van der Waals surface area contributed by atoms with E-state index in [1.54, 1.807) is 14.0 Å². The standard InChI is InChI=1S/C11H22O4.C7H15NO4S/c1-5-11(2,3)10(12)15-9-8-14-7-6-13-4;1-3-6(2)7(9)12-5-4-8-13(10)11/h5-9H2,1-4H3;6,8H,3-5H2,1-2H3,(H,10,11)/p-1. The van der Waals surface area contributed by atoms with Crippen molar-refractivity contribution in [2.75, 3.05) is 46.7 Å². The fourth-order valence-corrected chi connectivity index (χ4v) is 1.61. The van der Waals surface area contributed by atoms with Crippen LogP contribution in [-0.4, -0.2) is 67.4 Å². The van der Waals surface area contributed by atoms with Crippen LogP contribution in [0.25, 0.3) is 0 Å². The van der Waals surface area contributed by atoms with E-state index in [1.807, 2.05) is 27.7 Å². The molecule has 0 radical (unpaired) electrons. The molecule has 0 amide bonds. The summed E-state index contributed by atoms with van der Waals surface area (Å²) < 4.78 is 41.9. The molecular weight excluding hydrogens is 390 g/mol. The number of carbonyl (C=O) groups excluding carboxylic acids is 2. The molecule has 2 atom stereocenters. The molecule has 0 rings (SSSR count). The van der Waals surface area contributed by atoms with Gasteiger partial charge in [-0.2, -0.15) is 0 Å². The lowest BCUT2D eigenvalue weighted by Crippen LogP contribution is -2.27. The van der Waals surface area contributed by atoms with Crippen molar-refractivity contribution >= 4 is 23.2 Å². The lowest BCUT2D eigenvalue weighted by molar-refractivity contribution is -0.155. The van der Waals surface area contributed by atoms with Crippen LogP contribution < -0.4 is 4.72 Å². The highest BCUT2D eigenvalue weighted by Crippen LogP contribution is 2.21. The van der Waals surface area contributed by atoms with E-state index in [0.717, 1.165) is 12.8 Å². The van der Waals surface area contributed by atoms with Crippen LogP contribution in [0.3, 0.4) is 0 Å². The van der Waals surface area contributed by atoms with E-state index in [9.17, 15) is 18.4 Å². The van der Waals surface area contributed by atoms with Crippen molar-refractivity contribution in [3.8, 4) is 0 Å². The zero-order valence-electron chi connectivity index (χ0n) is 17.9. The summed E-state index contributed by atoms with van der Waals surface area (Å²) in [4.78, 5) is 22.5. The van der Waals surface area contributed by atoms with Crippen molar-refractivity contribution in [3.05, 3.63) is 0 Å². The van der Waals surface area contributed by atoms with Gasteiger partial charge in [-0.25, -0.2) is 4.72 Å². The highest BCUT2D eigenvalue weighted by molar-refractivity contribution is 7.77. The van der Waals surface area contributed by atoms with Crippen LogP contribution in [0, 0.1) is 11.3 Å². The summed E-state index contributed by atoms with van der Waals surface area (Å²) in [5.74, 6) is -0.584. The average molecular weight is 427 g/mol. The predicted molar refractivity (Wildman–Crippen MR) is 105 cm³/mol. The zero-order chi connectivity index (χ0) is 22.0. The third-order valence-corrected chi connectivity index (χ3v) is 4.35. The molecule has 0 saturated carbocycles. The Balaban J connectivity index is 0. The van der Waals surface area contributed by atoms with E-state index in [-0.39, 0.29) is 31.0 Å². The van der Waals surface area contributed by atoms with E-state index >= 15 is 0 Å². The molecular formula is C18H36NO8S-. The molecule has 28 heavy (non-hydrogen) atoms. The molecule has 0 fully saturated rings. The molecule has 9 nitrogen and oxygen atoms in total. The van der Waals surface area contributed by atoms with Crippen molar-refractivity contribution in [1.82, 2.24) is 4.72 Å². The molecule has 0 aromatic rings. The summed E-state index contributed by atoms with van der Waals surface area (Å²) in [7, 11) is 1.62. The largest absolute Gasteiger partial charge is 0.760 e. The minimum atomic E-state index is -2.28. The molecule has 2 unspecified atom stereocenters. The van der Waals surface area contributed by atoms with Gasteiger partial charge in [0.1, 0.15) is 13.2 Å². The summed E-state index contributed by atoms with van der Waals surface area (Å²) in [6.45, 7) is 11.4. The summed E-state index contributed by atoms with van der Waals surface area (Å²) in [6, 6.07) is 0. The van der Waals surface area contributed by atoms with Crippen LogP contribution in [0.2, 0.25) is 0 Å². The van der Waals surface area contributed by atoms with Gasteiger partial charge in [0.25, 0.3) is 0 Å². The Kier molecular flexibility index (Phi) is 18.7. The van der Waals surface area contributed by atoms with Crippen LogP contribution in [0.5, 0.6) is 0 Å². The summed E-state index contributed by atoms with van der Waals surface area (Å²) >= 11 is -2.28. The number of nitrogens with one attached hydrogen (secondary N) is 1. The van der Waals surface area contributed by atoms with Gasteiger partial charge in [-0.3, -0.25) is 13.8 Å². The predicted octanol–water partition coefficient (Wildman–Crippen LogP) is 1.59. The Morgan fingerprint density at radius 2 is 1.68 bits per heavy atom. The molecule has 0 aliphatic rings. The van der Waals surface area contributed by atoms with Gasteiger partial charge in [-0.05, 0) is 26.7 Å². The minimum Gasteiger partial charge on any atom is -0.760 e. The van der Waals surface area contributed by atoms with E-state index in [0.29, 0.717) is 26.4 Å². The minimum absolute atomic E-state index is 0.0805. The van der Waals surface area contributed by atoms with Gasteiger partial charge in [0.2, 0.25) is 0 Å². The fourth-order valence-electron chi connectivity index (χ4n) is 1.36. The molecule has 168 valence electrons. The number of hydrogen-bond donors (Lipinski definition) is 1. The molecule has 1 N–H and O–H groups in total. The maximum absolute atomic E-state index is 11.5.